The largest absolute Gasteiger partial charge is 0.505 e. The number of fused-ring (bicyclic) bond motifs is 1. The molecule has 0 aliphatic carbocycles. The quantitative estimate of drug-likeness (QED) is 0.0590. The summed E-state index contributed by atoms with van der Waals surface area (Å²) in [7, 11) is -19.6. The third-order valence-corrected chi connectivity index (χ3v) is 10.9. The molecule has 0 radical (unpaired) electrons. The molecule has 0 aliphatic heterocycles. The number of phenols is 1. The SMILES string of the molecule is C=CS(=O)(=O)c1ccc(N=Nc2c(S(=O)(=O)O)cc3cc(S(=O)(=O)O)c(N=Nc4cc(Nc5nc(F)nc(F)n5)ccc4S(=O)(=O)O)c(O)c3c2N)cc1. The van der Waals surface area contributed by atoms with Crippen LogP contribution in [0, 0.1) is 12.2 Å². The molecule has 0 atom stereocenters. The van der Waals surface area contributed by atoms with Gasteiger partial charge in [0.05, 0.1) is 21.7 Å². The summed E-state index contributed by atoms with van der Waals surface area (Å²) in [5, 5.41) is 27.8. The lowest BCUT2D eigenvalue weighted by molar-refractivity contribution is 0.457. The fraction of sp³-hybridized carbons (Fsp3) is 0. The lowest BCUT2D eigenvalue weighted by Gasteiger charge is -2.14. The molecular weight excluding hydrogens is 809 g/mol. The Morgan fingerprint density at radius 2 is 1.24 bits per heavy atom. The van der Waals surface area contributed by atoms with Crippen LogP contribution in [0.4, 0.5) is 48.9 Å². The number of azo groups is 2. The van der Waals surface area contributed by atoms with Gasteiger partial charge in [-0.25, -0.2) is 8.42 Å². The molecule has 54 heavy (non-hydrogen) atoms. The number of benzene rings is 4. The van der Waals surface area contributed by atoms with Crippen LogP contribution < -0.4 is 11.1 Å². The topological polar surface area (TPSA) is 344 Å². The summed E-state index contributed by atoms with van der Waals surface area (Å²) in [5.74, 6) is -1.95. The van der Waals surface area contributed by atoms with Gasteiger partial charge in [0, 0.05) is 11.1 Å². The summed E-state index contributed by atoms with van der Waals surface area (Å²) in [4.78, 5) is 5.60. The maximum Gasteiger partial charge on any atom is 0.315 e. The average molecular weight is 828 g/mol. The van der Waals surface area contributed by atoms with Crippen molar-refractivity contribution in [1.29, 1.82) is 0 Å². The first-order chi connectivity index (χ1) is 25.0. The van der Waals surface area contributed by atoms with E-state index >= 15 is 0 Å². The van der Waals surface area contributed by atoms with Gasteiger partial charge in [-0.05, 0) is 60.0 Å². The Bertz CT molecular complexity index is 2890. The molecule has 0 aliphatic rings. The Balaban J connectivity index is 1.71. The zero-order valence-corrected chi connectivity index (χ0v) is 29.4. The number of nitrogen functional groups attached to an aromatic ring is 1. The first-order valence-corrected chi connectivity index (χ1v) is 19.7. The summed E-state index contributed by atoms with van der Waals surface area (Å²) in [6.07, 6.45) is -3.07. The molecule has 5 rings (SSSR count). The molecule has 0 spiro atoms. The summed E-state index contributed by atoms with van der Waals surface area (Å²) in [6.45, 7) is 3.20. The minimum Gasteiger partial charge on any atom is -0.505 e. The standard InChI is InChI=1S/C27H19F2N9O12S4/c1-2-51(40,41)15-6-3-13(4-7-15)35-37-22-18(53(45,46)47)9-12-10-19(54(48,49)50)23(24(39)20(12)21(22)30)38-36-16-11-14(5-8-17(16)52(42,43)44)31-27-33-25(28)32-26(29)34-27/h2-11,39H,1,30H2,(H,42,43,44)(H,45,46,47)(H,48,49,50)(H,31,32,33,34). The zero-order valence-electron chi connectivity index (χ0n) is 26.1. The highest BCUT2D eigenvalue weighted by Crippen LogP contribution is 2.48. The summed E-state index contributed by atoms with van der Waals surface area (Å²) < 4.78 is 154. The molecule has 1 aromatic heterocycles. The fourth-order valence-corrected chi connectivity index (χ4v) is 7.16. The van der Waals surface area contributed by atoms with E-state index in [1.54, 1.807) is 0 Å². The number of rotatable bonds is 11. The third kappa shape index (κ3) is 8.30. The van der Waals surface area contributed by atoms with Gasteiger partial charge in [0.2, 0.25) is 5.95 Å². The van der Waals surface area contributed by atoms with Crippen molar-refractivity contribution in [3.05, 3.63) is 78.7 Å². The molecule has 5 aromatic rings. The number of halogens is 2. The Hall–Kier alpha value is -5.97. The molecular formula is C27H19F2N9O12S4. The normalized spacial score (nSPS) is 12.8. The van der Waals surface area contributed by atoms with Crippen LogP contribution in [0.15, 0.2) is 107 Å². The van der Waals surface area contributed by atoms with E-state index in [4.69, 9.17) is 5.73 Å². The molecule has 0 saturated carbocycles. The third-order valence-electron chi connectivity index (χ3n) is 6.85. The van der Waals surface area contributed by atoms with Crippen molar-refractivity contribution in [2.75, 3.05) is 11.1 Å². The number of nitrogens with two attached hydrogens (primary N) is 1. The van der Waals surface area contributed by atoms with Crippen LogP contribution in [0.1, 0.15) is 0 Å². The molecule has 0 saturated heterocycles. The van der Waals surface area contributed by atoms with E-state index in [-0.39, 0.29) is 16.3 Å². The molecule has 1 heterocycles. The minimum atomic E-state index is -5.41. The van der Waals surface area contributed by atoms with Gasteiger partial charge in [-0.3, -0.25) is 13.7 Å². The fourth-order valence-electron chi connectivity index (χ4n) is 4.52. The predicted octanol–water partition coefficient (Wildman–Crippen LogP) is 4.82. The maximum atomic E-state index is 13.5. The second-order valence-electron chi connectivity index (χ2n) is 10.3. The van der Waals surface area contributed by atoms with Crippen LogP contribution in [0.5, 0.6) is 5.75 Å². The van der Waals surface area contributed by atoms with E-state index in [9.17, 15) is 61.2 Å². The zero-order chi connectivity index (χ0) is 40.0. The Morgan fingerprint density at radius 3 is 1.78 bits per heavy atom. The monoisotopic (exact) mass is 827 g/mol. The summed E-state index contributed by atoms with van der Waals surface area (Å²) in [6, 6.07) is 8.17. The van der Waals surface area contributed by atoms with Crippen molar-refractivity contribution in [3.63, 3.8) is 0 Å². The number of hydrogen-bond acceptors (Lipinski definition) is 18. The van der Waals surface area contributed by atoms with Gasteiger partial charge >= 0.3 is 12.2 Å². The van der Waals surface area contributed by atoms with E-state index in [1.807, 2.05) is 0 Å². The maximum absolute atomic E-state index is 13.5. The van der Waals surface area contributed by atoms with Gasteiger partial charge in [0.25, 0.3) is 30.4 Å². The number of nitrogens with one attached hydrogen (secondary N) is 1. The molecule has 0 unspecified atom stereocenters. The highest BCUT2D eigenvalue weighted by molar-refractivity contribution is 7.94. The molecule has 0 fully saturated rings. The second kappa shape index (κ2) is 14.1. The number of aromatic hydroxyl groups is 1. The Labute approximate surface area is 301 Å². The second-order valence-corrected chi connectivity index (χ2v) is 16.4. The van der Waals surface area contributed by atoms with Crippen molar-refractivity contribution in [2.24, 2.45) is 20.5 Å². The minimum absolute atomic E-state index is 0.0728. The van der Waals surface area contributed by atoms with Crippen molar-refractivity contribution < 1.29 is 61.2 Å². The van der Waals surface area contributed by atoms with Crippen molar-refractivity contribution in [3.8, 4) is 5.75 Å². The van der Waals surface area contributed by atoms with Crippen LogP contribution in [-0.2, 0) is 40.2 Å². The number of anilines is 3. The first-order valence-electron chi connectivity index (χ1n) is 13.8. The summed E-state index contributed by atoms with van der Waals surface area (Å²) >= 11 is 0. The number of phenolic OH excluding ortho intramolecular Hbond substituents is 1. The van der Waals surface area contributed by atoms with Gasteiger partial charge in [-0.1, -0.05) is 6.58 Å². The molecule has 282 valence electrons. The lowest BCUT2D eigenvalue weighted by atomic mass is 10.1. The molecule has 7 N–H and O–H groups in total. The van der Waals surface area contributed by atoms with Crippen LogP contribution in [0.3, 0.4) is 0 Å². The van der Waals surface area contributed by atoms with E-state index in [1.165, 1.54) is 0 Å². The molecule has 0 amide bonds. The highest BCUT2D eigenvalue weighted by Gasteiger charge is 2.28. The molecule has 4 aromatic carbocycles. The van der Waals surface area contributed by atoms with E-state index in [0.717, 1.165) is 42.5 Å². The molecule has 0 bridgehead atoms. The van der Waals surface area contributed by atoms with E-state index in [2.05, 4.69) is 47.3 Å². The smallest absolute Gasteiger partial charge is 0.315 e. The van der Waals surface area contributed by atoms with E-state index in [0.29, 0.717) is 17.5 Å². The highest BCUT2D eigenvalue weighted by atomic mass is 32.2. The van der Waals surface area contributed by atoms with E-state index < -0.39 is 112 Å². The van der Waals surface area contributed by atoms with Gasteiger partial charge in [0.1, 0.15) is 31.7 Å². The van der Waals surface area contributed by atoms with Crippen LogP contribution in [0.2, 0.25) is 0 Å². The number of nitrogens with zero attached hydrogens (tertiary/aromatic N) is 7. The molecule has 27 heteroatoms. The van der Waals surface area contributed by atoms with Crippen LogP contribution in [-0.4, -0.2) is 67.4 Å². The number of sulfone groups is 1. The predicted molar refractivity (Wildman–Crippen MR) is 181 cm³/mol. The van der Waals surface area contributed by atoms with Crippen molar-refractivity contribution >= 4 is 91.0 Å². The van der Waals surface area contributed by atoms with Gasteiger partial charge in [-0.15, -0.1) is 15.3 Å². The molecule has 21 nitrogen and oxygen atoms in total. The first kappa shape index (κ1) is 39.2. The van der Waals surface area contributed by atoms with Gasteiger partial charge < -0.3 is 16.2 Å². The van der Waals surface area contributed by atoms with Crippen molar-refractivity contribution in [1.82, 2.24) is 15.0 Å². The summed E-state index contributed by atoms with van der Waals surface area (Å²) in [5.41, 5.74) is 2.28. The van der Waals surface area contributed by atoms with Crippen LogP contribution >= 0.6 is 0 Å². The average Bonchev–Trinajstić information content (AvgIpc) is 3.05. The lowest BCUT2D eigenvalue weighted by Crippen LogP contribution is -2.05. The van der Waals surface area contributed by atoms with Gasteiger partial charge in [0.15, 0.2) is 15.6 Å². The Kier molecular flexibility index (Phi) is 10.3. The van der Waals surface area contributed by atoms with Crippen LogP contribution in [0.25, 0.3) is 10.8 Å². The number of aromatic nitrogens is 3. The number of hydrogen-bond donors (Lipinski definition) is 6. The Morgan fingerprint density at radius 1 is 0.704 bits per heavy atom. The van der Waals surface area contributed by atoms with Crippen molar-refractivity contribution in [2.45, 2.75) is 19.6 Å². The van der Waals surface area contributed by atoms with Gasteiger partial charge in [-0.2, -0.15) is 54.1 Å².